The summed E-state index contributed by atoms with van der Waals surface area (Å²) in [5.74, 6) is -2.03. The van der Waals surface area contributed by atoms with E-state index in [2.05, 4.69) is 10.3 Å². The SMILES string of the molecule is O=C(O)c1cc(NCc2csc(-c3ccsc3)n2)ccc1F. The molecular formula is C15H11FN2O2S2. The van der Waals surface area contributed by atoms with Crippen LogP contribution in [0.5, 0.6) is 0 Å². The van der Waals surface area contributed by atoms with Crippen LogP contribution < -0.4 is 5.32 Å². The Kier molecular flexibility index (Phi) is 4.17. The van der Waals surface area contributed by atoms with Gasteiger partial charge in [0.05, 0.1) is 17.8 Å². The molecule has 0 atom stereocenters. The lowest BCUT2D eigenvalue weighted by Crippen LogP contribution is -2.04. The summed E-state index contributed by atoms with van der Waals surface area (Å²) in [5.41, 5.74) is 2.15. The fourth-order valence-corrected chi connectivity index (χ4v) is 3.43. The van der Waals surface area contributed by atoms with Gasteiger partial charge in [0.1, 0.15) is 10.8 Å². The second-order valence-electron chi connectivity index (χ2n) is 4.51. The van der Waals surface area contributed by atoms with Gasteiger partial charge in [-0.1, -0.05) is 0 Å². The number of aromatic carboxylic acids is 1. The lowest BCUT2D eigenvalue weighted by molar-refractivity contribution is 0.0692. The van der Waals surface area contributed by atoms with E-state index >= 15 is 0 Å². The van der Waals surface area contributed by atoms with Crippen LogP contribution in [0.2, 0.25) is 0 Å². The summed E-state index contributed by atoms with van der Waals surface area (Å²) in [5, 5.41) is 18.9. The van der Waals surface area contributed by atoms with Crippen molar-refractivity contribution in [2.45, 2.75) is 6.54 Å². The van der Waals surface area contributed by atoms with Crippen molar-refractivity contribution in [2.24, 2.45) is 0 Å². The van der Waals surface area contributed by atoms with Crippen LogP contribution in [0, 0.1) is 5.82 Å². The second kappa shape index (κ2) is 6.25. The van der Waals surface area contributed by atoms with E-state index in [0.29, 0.717) is 12.2 Å². The number of nitrogens with zero attached hydrogens (tertiary/aromatic N) is 1. The standard InChI is InChI=1S/C15H11FN2O2S2/c16-13-2-1-10(5-12(13)15(19)20)17-6-11-8-22-14(18-11)9-3-4-21-7-9/h1-5,7-8,17H,6H2,(H,19,20). The summed E-state index contributed by atoms with van der Waals surface area (Å²) in [6.07, 6.45) is 0. The first kappa shape index (κ1) is 14.7. The van der Waals surface area contributed by atoms with Gasteiger partial charge in [0.2, 0.25) is 0 Å². The van der Waals surface area contributed by atoms with E-state index in [1.807, 2.05) is 22.2 Å². The Morgan fingerprint density at radius 1 is 1.32 bits per heavy atom. The molecule has 0 fully saturated rings. The molecule has 2 heterocycles. The summed E-state index contributed by atoms with van der Waals surface area (Å²) in [6.45, 7) is 0.450. The van der Waals surface area contributed by atoms with Crippen molar-refractivity contribution in [1.82, 2.24) is 4.98 Å². The molecule has 1 aromatic carbocycles. The lowest BCUT2D eigenvalue weighted by atomic mass is 10.2. The first-order chi connectivity index (χ1) is 10.6. The van der Waals surface area contributed by atoms with Crippen LogP contribution in [-0.2, 0) is 6.54 Å². The third-order valence-corrected chi connectivity index (χ3v) is 4.61. The Morgan fingerprint density at radius 2 is 2.18 bits per heavy atom. The Hall–Kier alpha value is -2.25. The maximum Gasteiger partial charge on any atom is 0.338 e. The molecule has 2 N–H and O–H groups in total. The average molecular weight is 334 g/mol. The number of carboxylic acid groups (broad SMARTS) is 1. The monoisotopic (exact) mass is 334 g/mol. The number of aromatic nitrogens is 1. The van der Waals surface area contributed by atoms with Gasteiger partial charge in [0.25, 0.3) is 0 Å². The van der Waals surface area contributed by atoms with E-state index in [1.165, 1.54) is 12.1 Å². The maximum atomic E-state index is 13.3. The van der Waals surface area contributed by atoms with E-state index in [4.69, 9.17) is 5.11 Å². The fraction of sp³-hybridized carbons (Fsp3) is 0.0667. The van der Waals surface area contributed by atoms with Gasteiger partial charge in [-0.25, -0.2) is 14.2 Å². The van der Waals surface area contributed by atoms with E-state index in [-0.39, 0.29) is 5.56 Å². The molecule has 0 amide bonds. The molecule has 0 saturated carbocycles. The number of halogens is 1. The van der Waals surface area contributed by atoms with Crippen LogP contribution in [0.1, 0.15) is 16.1 Å². The first-order valence-electron chi connectivity index (χ1n) is 6.37. The molecule has 0 aliphatic rings. The van der Waals surface area contributed by atoms with Crippen molar-refractivity contribution in [3.63, 3.8) is 0 Å². The number of benzene rings is 1. The smallest absolute Gasteiger partial charge is 0.338 e. The number of hydrogen-bond acceptors (Lipinski definition) is 5. The number of carbonyl (C=O) groups is 1. The molecule has 112 valence electrons. The van der Waals surface area contributed by atoms with Gasteiger partial charge in [0.15, 0.2) is 0 Å². The zero-order valence-electron chi connectivity index (χ0n) is 11.2. The van der Waals surface area contributed by atoms with Gasteiger partial charge in [-0.2, -0.15) is 11.3 Å². The predicted molar refractivity (Wildman–Crippen MR) is 86.1 cm³/mol. The highest BCUT2D eigenvalue weighted by Gasteiger charge is 2.11. The minimum atomic E-state index is -1.28. The highest BCUT2D eigenvalue weighted by Crippen LogP contribution is 2.26. The number of rotatable bonds is 5. The molecule has 3 rings (SSSR count). The number of thiophene rings is 1. The molecule has 0 bridgehead atoms. The van der Waals surface area contributed by atoms with Crippen LogP contribution in [0.25, 0.3) is 10.6 Å². The van der Waals surface area contributed by atoms with Gasteiger partial charge in [-0.15, -0.1) is 11.3 Å². The topological polar surface area (TPSA) is 62.2 Å². The normalized spacial score (nSPS) is 10.6. The van der Waals surface area contributed by atoms with Crippen molar-refractivity contribution in [1.29, 1.82) is 0 Å². The van der Waals surface area contributed by atoms with Gasteiger partial charge < -0.3 is 10.4 Å². The van der Waals surface area contributed by atoms with Crippen molar-refractivity contribution in [3.8, 4) is 10.6 Å². The first-order valence-corrected chi connectivity index (χ1v) is 8.19. The fourth-order valence-electron chi connectivity index (χ4n) is 1.90. The van der Waals surface area contributed by atoms with Crippen LogP contribution >= 0.6 is 22.7 Å². The van der Waals surface area contributed by atoms with Crippen molar-refractivity contribution < 1.29 is 14.3 Å². The van der Waals surface area contributed by atoms with E-state index < -0.39 is 11.8 Å². The molecule has 2 aromatic heterocycles. The molecule has 3 aromatic rings. The van der Waals surface area contributed by atoms with E-state index in [1.54, 1.807) is 22.7 Å². The average Bonchev–Trinajstić information content (AvgIpc) is 3.17. The second-order valence-corrected chi connectivity index (χ2v) is 6.15. The molecule has 0 saturated heterocycles. The largest absolute Gasteiger partial charge is 0.478 e. The number of nitrogens with one attached hydrogen (secondary N) is 1. The Morgan fingerprint density at radius 3 is 2.91 bits per heavy atom. The number of carboxylic acids is 1. The van der Waals surface area contributed by atoms with Crippen LogP contribution in [0.3, 0.4) is 0 Å². The van der Waals surface area contributed by atoms with E-state index in [0.717, 1.165) is 22.3 Å². The van der Waals surface area contributed by atoms with Crippen molar-refractivity contribution >= 4 is 34.3 Å². The zero-order chi connectivity index (χ0) is 15.5. The third kappa shape index (κ3) is 3.15. The molecule has 0 spiro atoms. The minimum absolute atomic E-state index is 0.345. The summed E-state index contributed by atoms with van der Waals surface area (Å²) in [6, 6.07) is 5.95. The van der Waals surface area contributed by atoms with Crippen LogP contribution in [0.15, 0.2) is 40.4 Å². The van der Waals surface area contributed by atoms with Crippen molar-refractivity contribution in [3.05, 3.63) is 57.5 Å². The van der Waals surface area contributed by atoms with Crippen LogP contribution in [0.4, 0.5) is 10.1 Å². The number of hydrogen-bond donors (Lipinski definition) is 2. The van der Waals surface area contributed by atoms with Crippen molar-refractivity contribution in [2.75, 3.05) is 5.32 Å². The molecule has 0 aliphatic heterocycles. The van der Waals surface area contributed by atoms with Gasteiger partial charge >= 0.3 is 5.97 Å². The molecule has 4 nitrogen and oxygen atoms in total. The summed E-state index contributed by atoms with van der Waals surface area (Å²) in [7, 11) is 0. The molecule has 0 aliphatic carbocycles. The number of thiazole rings is 1. The summed E-state index contributed by atoms with van der Waals surface area (Å²) >= 11 is 3.17. The van der Waals surface area contributed by atoms with Gasteiger partial charge in [-0.3, -0.25) is 0 Å². The summed E-state index contributed by atoms with van der Waals surface area (Å²) in [4.78, 5) is 15.4. The molecular weight excluding hydrogens is 323 g/mol. The quantitative estimate of drug-likeness (QED) is 0.729. The Labute approximate surface area is 133 Å². The predicted octanol–water partition coefficient (Wildman–Crippen LogP) is 4.32. The molecule has 0 unspecified atom stereocenters. The zero-order valence-corrected chi connectivity index (χ0v) is 12.9. The highest BCUT2D eigenvalue weighted by molar-refractivity contribution is 7.14. The molecule has 22 heavy (non-hydrogen) atoms. The lowest BCUT2D eigenvalue weighted by Gasteiger charge is -2.06. The third-order valence-electron chi connectivity index (χ3n) is 2.99. The summed E-state index contributed by atoms with van der Waals surface area (Å²) < 4.78 is 13.3. The van der Waals surface area contributed by atoms with Gasteiger partial charge in [0, 0.05) is 22.0 Å². The molecule has 7 heteroatoms. The minimum Gasteiger partial charge on any atom is -0.478 e. The van der Waals surface area contributed by atoms with E-state index in [9.17, 15) is 9.18 Å². The maximum absolute atomic E-state index is 13.3. The molecule has 0 radical (unpaired) electrons. The number of anilines is 1. The Bertz CT molecular complexity index is 800. The Balaban J connectivity index is 1.70. The van der Waals surface area contributed by atoms with Gasteiger partial charge in [-0.05, 0) is 29.6 Å². The highest BCUT2D eigenvalue weighted by atomic mass is 32.1. The van der Waals surface area contributed by atoms with Crippen LogP contribution in [-0.4, -0.2) is 16.1 Å².